The molecule has 1 aliphatic heterocycles. The molecule has 0 N–H and O–H groups in total. The van der Waals surface area contributed by atoms with Crippen molar-refractivity contribution >= 4 is 46.0 Å². The number of thioether (sulfide) groups is 1. The van der Waals surface area contributed by atoms with E-state index in [1.807, 2.05) is 0 Å². The molecule has 1 saturated heterocycles. The van der Waals surface area contributed by atoms with Crippen molar-refractivity contribution in [2.24, 2.45) is 0 Å². The van der Waals surface area contributed by atoms with Gasteiger partial charge in [0.25, 0.3) is 5.91 Å². The minimum Gasteiger partial charge on any atom is -0.490 e. The number of amides is 1. The van der Waals surface area contributed by atoms with E-state index in [1.165, 1.54) is 17.0 Å². The van der Waals surface area contributed by atoms with E-state index in [4.69, 9.17) is 17.0 Å². The van der Waals surface area contributed by atoms with Crippen LogP contribution < -0.4 is 14.4 Å². The summed E-state index contributed by atoms with van der Waals surface area (Å²) in [7, 11) is 0. The van der Waals surface area contributed by atoms with Crippen LogP contribution in [0.1, 0.15) is 12.5 Å². The minimum absolute atomic E-state index is 0.0630. The number of aromatic nitrogens is 1. The number of carbonyl (C=O) groups excluding carboxylic acids is 1. The van der Waals surface area contributed by atoms with Crippen molar-refractivity contribution in [2.75, 3.05) is 11.5 Å². The van der Waals surface area contributed by atoms with Crippen LogP contribution in [0.2, 0.25) is 0 Å². The smallest absolute Gasteiger partial charge is 0.387 e. The van der Waals surface area contributed by atoms with Crippen molar-refractivity contribution in [1.29, 1.82) is 0 Å². The summed E-state index contributed by atoms with van der Waals surface area (Å²) < 4.78 is 35.2. The Morgan fingerprint density at radius 1 is 1.33 bits per heavy atom. The van der Waals surface area contributed by atoms with Gasteiger partial charge in [0.15, 0.2) is 15.8 Å². The third kappa shape index (κ3) is 4.42. The summed E-state index contributed by atoms with van der Waals surface area (Å²) >= 11 is 6.45. The first-order valence-corrected chi connectivity index (χ1v) is 9.11. The van der Waals surface area contributed by atoms with Gasteiger partial charge in [0.2, 0.25) is 0 Å². The number of benzene rings is 1. The predicted molar refractivity (Wildman–Crippen MR) is 104 cm³/mol. The van der Waals surface area contributed by atoms with E-state index in [2.05, 4.69) is 9.72 Å². The van der Waals surface area contributed by atoms with Gasteiger partial charge >= 0.3 is 6.61 Å². The Kier molecular flexibility index (Phi) is 6.02. The lowest BCUT2D eigenvalue weighted by Gasteiger charge is -2.13. The van der Waals surface area contributed by atoms with Crippen LogP contribution in [0.5, 0.6) is 11.5 Å². The number of thiocarbonyl (C=S) groups is 1. The molecule has 1 aliphatic rings. The fourth-order valence-electron chi connectivity index (χ4n) is 2.40. The zero-order chi connectivity index (χ0) is 19.4. The summed E-state index contributed by atoms with van der Waals surface area (Å²) in [6.07, 6.45) is 4.79. The van der Waals surface area contributed by atoms with Crippen LogP contribution in [0, 0.1) is 0 Å². The summed E-state index contributed by atoms with van der Waals surface area (Å²) in [5.41, 5.74) is 1.19. The van der Waals surface area contributed by atoms with Crippen molar-refractivity contribution in [3.8, 4) is 11.5 Å². The number of alkyl halides is 2. The predicted octanol–water partition coefficient (Wildman–Crippen LogP) is 4.49. The average Bonchev–Trinajstić information content (AvgIpc) is 2.91. The van der Waals surface area contributed by atoms with Gasteiger partial charge in [-0.25, -0.2) is 0 Å². The van der Waals surface area contributed by atoms with Crippen LogP contribution in [-0.4, -0.2) is 28.4 Å². The molecule has 1 aromatic carbocycles. The first-order valence-electron chi connectivity index (χ1n) is 7.89. The van der Waals surface area contributed by atoms with Crippen molar-refractivity contribution in [3.05, 3.63) is 53.2 Å². The van der Waals surface area contributed by atoms with Gasteiger partial charge < -0.3 is 9.47 Å². The van der Waals surface area contributed by atoms with E-state index < -0.39 is 6.61 Å². The molecule has 27 heavy (non-hydrogen) atoms. The highest BCUT2D eigenvalue weighted by Gasteiger charge is 2.33. The Morgan fingerprint density at radius 3 is 2.81 bits per heavy atom. The van der Waals surface area contributed by atoms with Gasteiger partial charge in [-0.1, -0.05) is 30.0 Å². The van der Waals surface area contributed by atoms with Crippen LogP contribution in [0.25, 0.3) is 6.08 Å². The van der Waals surface area contributed by atoms with E-state index in [0.29, 0.717) is 20.5 Å². The highest BCUT2D eigenvalue weighted by atomic mass is 32.2. The number of nitrogens with zero attached hydrogens (tertiary/aromatic N) is 2. The number of ether oxygens (including phenoxy) is 2. The summed E-state index contributed by atoms with van der Waals surface area (Å²) in [5.74, 6) is -0.162. The van der Waals surface area contributed by atoms with Crippen LogP contribution in [0.15, 0.2) is 47.6 Å². The zero-order valence-corrected chi connectivity index (χ0v) is 15.7. The Morgan fingerprint density at radius 2 is 2.15 bits per heavy atom. The molecule has 0 atom stereocenters. The van der Waals surface area contributed by atoms with Gasteiger partial charge in [0.05, 0.1) is 23.4 Å². The molecule has 0 bridgehead atoms. The molecule has 5 nitrogen and oxygen atoms in total. The second kappa shape index (κ2) is 8.45. The van der Waals surface area contributed by atoms with Crippen molar-refractivity contribution < 1.29 is 23.0 Å². The molecule has 1 amide bonds. The number of halogens is 2. The van der Waals surface area contributed by atoms with Crippen molar-refractivity contribution in [2.45, 2.75) is 13.5 Å². The standard InChI is InChI=1S/C18H14F2N2O3S2/c1-2-24-14-8-11(5-6-13(14)25-17(19)20)9-15-16(23)22(18(26)27-15)12-4-3-7-21-10-12/h3-10,17H,2H2,1H3/b15-9-. The fraction of sp³-hybridized carbons (Fsp3) is 0.167. The van der Waals surface area contributed by atoms with Gasteiger partial charge in [0, 0.05) is 6.20 Å². The van der Waals surface area contributed by atoms with Crippen LogP contribution in [0.4, 0.5) is 14.5 Å². The van der Waals surface area contributed by atoms with E-state index in [0.717, 1.165) is 11.8 Å². The van der Waals surface area contributed by atoms with Crippen molar-refractivity contribution in [1.82, 2.24) is 4.98 Å². The molecule has 1 fully saturated rings. The second-order valence-electron chi connectivity index (χ2n) is 5.25. The quantitative estimate of drug-likeness (QED) is 0.519. The van der Waals surface area contributed by atoms with E-state index >= 15 is 0 Å². The number of pyridine rings is 1. The van der Waals surface area contributed by atoms with Gasteiger partial charge in [-0.15, -0.1) is 0 Å². The maximum absolute atomic E-state index is 12.7. The van der Waals surface area contributed by atoms with Gasteiger partial charge in [-0.05, 0) is 42.8 Å². The maximum atomic E-state index is 12.7. The number of hydrogen-bond acceptors (Lipinski definition) is 6. The maximum Gasteiger partial charge on any atom is 0.387 e. The first kappa shape index (κ1) is 19.2. The minimum atomic E-state index is -2.95. The van der Waals surface area contributed by atoms with Crippen molar-refractivity contribution in [3.63, 3.8) is 0 Å². The molecule has 140 valence electrons. The molecule has 2 aromatic rings. The highest BCUT2D eigenvalue weighted by Crippen LogP contribution is 2.37. The molecule has 0 saturated carbocycles. The molecule has 0 aliphatic carbocycles. The normalized spacial score (nSPS) is 15.7. The largest absolute Gasteiger partial charge is 0.490 e. The molecule has 0 radical (unpaired) electrons. The molecular formula is C18H14F2N2O3S2. The molecule has 1 aromatic heterocycles. The highest BCUT2D eigenvalue weighted by molar-refractivity contribution is 8.27. The molecule has 0 spiro atoms. The molecular weight excluding hydrogens is 394 g/mol. The lowest BCUT2D eigenvalue weighted by atomic mass is 10.2. The topological polar surface area (TPSA) is 51.7 Å². The van der Waals surface area contributed by atoms with E-state index in [-0.39, 0.29) is 24.0 Å². The SMILES string of the molecule is CCOc1cc(/C=C2\SC(=S)N(c3cccnc3)C2=O)ccc1OC(F)F. The number of rotatable bonds is 6. The molecule has 2 heterocycles. The third-order valence-electron chi connectivity index (χ3n) is 3.48. The lowest BCUT2D eigenvalue weighted by Crippen LogP contribution is -2.27. The monoisotopic (exact) mass is 408 g/mol. The zero-order valence-electron chi connectivity index (χ0n) is 14.1. The summed E-state index contributed by atoms with van der Waals surface area (Å²) in [6.45, 7) is -0.935. The number of hydrogen-bond donors (Lipinski definition) is 0. The van der Waals surface area contributed by atoms with Crippen LogP contribution in [-0.2, 0) is 4.79 Å². The molecule has 3 rings (SSSR count). The Bertz CT molecular complexity index is 891. The first-order chi connectivity index (χ1) is 13.0. The third-order valence-corrected chi connectivity index (χ3v) is 4.78. The van der Waals surface area contributed by atoms with Gasteiger partial charge in [-0.2, -0.15) is 8.78 Å². The van der Waals surface area contributed by atoms with Gasteiger partial charge in [0.1, 0.15) is 0 Å². The Hall–Kier alpha value is -2.52. The summed E-state index contributed by atoms with van der Waals surface area (Å²) in [5, 5.41) is 0. The van der Waals surface area contributed by atoms with Gasteiger partial charge in [-0.3, -0.25) is 14.7 Å². The van der Waals surface area contributed by atoms with Crippen LogP contribution in [0.3, 0.4) is 0 Å². The van der Waals surface area contributed by atoms with E-state index in [1.54, 1.807) is 43.6 Å². The number of carbonyl (C=O) groups is 1. The Balaban J connectivity index is 1.89. The summed E-state index contributed by atoms with van der Waals surface area (Å²) in [4.78, 5) is 18.5. The van der Waals surface area contributed by atoms with Crippen LogP contribution >= 0.6 is 24.0 Å². The fourth-order valence-corrected chi connectivity index (χ4v) is 3.70. The number of anilines is 1. The molecule has 9 heteroatoms. The average molecular weight is 408 g/mol. The summed E-state index contributed by atoms with van der Waals surface area (Å²) in [6, 6.07) is 7.94. The molecule has 0 unspecified atom stereocenters. The lowest BCUT2D eigenvalue weighted by molar-refractivity contribution is -0.113. The Labute approximate surface area is 164 Å². The van der Waals surface area contributed by atoms with E-state index in [9.17, 15) is 13.6 Å². The second-order valence-corrected chi connectivity index (χ2v) is 6.92.